The summed E-state index contributed by atoms with van der Waals surface area (Å²) in [6.07, 6.45) is 1.37. The molecule has 2 aromatic carbocycles. The zero-order chi connectivity index (χ0) is 24.1. The van der Waals surface area contributed by atoms with Crippen molar-refractivity contribution in [3.05, 3.63) is 95.1 Å². The maximum absolute atomic E-state index is 13.0. The summed E-state index contributed by atoms with van der Waals surface area (Å²) >= 11 is 0. The lowest BCUT2D eigenvalue weighted by Gasteiger charge is -2.10. The molecule has 0 fully saturated rings. The third-order valence-corrected chi connectivity index (χ3v) is 5.24. The van der Waals surface area contributed by atoms with E-state index in [2.05, 4.69) is 10.4 Å². The number of carbonyl (C=O) groups excluding carboxylic acids is 2. The summed E-state index contributed by atoms with van der Waals surface area (Å²) in [5.41, 5.74) is 3.13. The summed E-state index contributed by atoms with van der Waals surface area (Å²) in [7, 11) is 0. The maximum Gasteiger partial charge on any atom is 0.343 e. The molecule has 0 aliphatic rings. The highest BCUT2D eigenvalue weighted by molar-refractivity contribution is 6.06. The first-order chi connectivity index (χ1) is 16.5. The van der Waals surface area contributed by atoms with E-state index >= 15 is 0 Å². The van der Waals surface area contributed by atoms with Crippen LogP contribution in [0.25, 0.3) is 5.69 Å². The van der Waals surface area contributed by atoms with E-state index in [0.717, 1.165) is 11.3 Å². The number of benzene rings is 2. The summed E-state index contributed by atoms with van der Waals surface area (Å²) in [6, 6.07) is 18.2. The van der Waals surface area contributed by atoms with Gasteiger partial charge in [0, 0.05) is 0 Å². The van der Waals surface area contributed by atoms with E-state index in [1.165, 1.54) is 16.4 Å². The highest BCUT2D eigenvalue weighted by Gasteiger charge is 2.23. The molecule has 0 spiro atoms. The number of hydrogen-bond acceptors (Lipinski definition) is 6. The molecule has 34 heavy (non-hydrogen) atoms. The SMILES string of the molecule is CCOC(=O)c1cnn(-c2ccccc2)c1NC(=O)c1ccc(COc2ccc(C)c(C)c2)o1. The van der Waals surface area contributed by atoms with Crippen LogP contribution in [0.15, 0.2) is 71.3 Å². The summed E-state index contributed by atoms with van der Waals surface area (Å²) < 4.78 is 18.0. The molecule has 0 saturated heterocycles. The first kappa shape index (κ1) is 22.8. The smallest absolute Gasteiger partial charge is 0.343 e. The van der Waals surface area contributed by atoms with E-state index in [1.54, 1.807) is 19.1 Å². The molecule has 0 aliphatic carbocycles. The number of anilines is 1. The van der Waals surface area contributed by atoms with Crippen molar-refractivity contribution in [3.63, 3.8) is 0 Å². The zero-order valence-corrected chi connectivity index (χ0v) is 19.2. The van der Waals surface area contributed by atoms with Gasteiger partial charge in [-0.15, -0.1) is 0 Å². The topological polar surface area (TPSA) is 95.6 Å². The number of carbonyl (C=O) groups is 2. The van der Waals surface area contributed by atoms with Crippen LogP contribution in [-0.2, 0) is 11.3 Å². The fraction of sp³-hybridized carbons (Fsp3) is 0.192. The van der Waals surface area contributed by atoms with Crippen molar-refractivity contribution in [2.45, 2.75) is 27.4 Å². The number of ether oxygens (including phenoxy) is 2. The highest BCUT2D eigenvalue weighted by atomic mass is 16.5. The van der Waals surface area contributed by atoms with Crippen molar-refractivity contribution in [3.8, 4) is 11.4 Å². The summed E-state index contributed by atoms with van der Waals surface area (Å²) in [6.45, 7) is 6.13. The van der Waals surface area contributed by atoms with Crippen LogP contribution in [0.2, 0.25) is 0 Å². The lowest BCUT2D eigenvalue weighted by molar-refractivity contribution is 0.0527. The Balaban J connectivity index is 1.52. The van der Waals surface area contributed by atoms with Gasteiger partial charge >= 0.3 is 5.97 Å². The number of nitrogens with zero attached hydrogens (tertiary/aromatic N) is 2. The average Bonchev–Trinajstić information content (AvgIpc) is 3.48. The molecular weight excluding hydrogens is 434 g/mol. The third kappa shape index (κ3) is 5.01. The average molecular weight is 460 g/mol. The number of hydrogen-bond donors (Lipinski definition) is 1. The number of aryl methyl sites for hydroxylation is 2. The molecule has 1 amide bonds. The Kier molecular flexibility index (Phi) is 6.77. The summed E-state index contributed by atoms with van der Waals surface area (Å²) in [5, 5.41) is 7.01. The number of aromatic nitrogens is 2. The predicted octanol–water partition coefficient (Wildman–Crippen LogP) is 5.09. The van der Waals surface area contributed by atoms with Crippen LogP contribution in [0.4, 0.5) is 5.82 Å². The Morgan fingerprint density at radius 3 is 2.56 bits per heavy atom. The maximum atomic E-state index is 13.0. The molecule has 0 radical (unpaired) electrons. The molecule has 0 atom stereocenters. The predicted molar refractivity (Wildman–Crippen MR) is 126 cm³/mol. The van der Waals surface area contributed by atoms with E-state index in [9.17, 15) is 9.59 Å². The summed E-state index contributed by atoms with van der Waals surface area (Å²) in [4.78, 5) is 25.4. The second-order valence-corrected chi connectivity index (χ2v) is 7.63. The van der Waals surface area contributed by atoms with Gasteiger partial charge in [-0.05, 0) is 68.3 Å². The van der Waals surface area contributed by atoms with Crippen molar-refractivity contribution in [2.75, 3.05) is 11.9 Å². The molecule has 4 aromatic rings. The van der Waals surface area contributed by atoms with Gasteiger partial charge in [-0.3, -0.25) is 4.79 Å². The quantitative estimate of drug-likeness (QED) is 0.369. The number of furan rings is 1. The van der Waals surface area contributed by atoms with E-state index in [-0.39, 0.29) is 30.4 Å². The fourth-order valence-electron chi connectivity index (χ4n) is 3.30. The number of amides is 1. The lowest BCUT2D eigenvalue weighted by atomic mass is 10.1. The van der Waals surface area contributed by atoms with Crippen molar-refractivity contribution < 1.29 is 23.5 Å². The van der Waals surface area contributed by atoms with Crippen LogP contribution in [0.1, 0.15) is 44.7 Å². The minimum Gasteiger partial charge on any atom is -0.486 e. The van der Waals surface area contributed by atoms with Gasteiger partial charge in [0.15, 0.2) is 11.6 Å². The van der Waals surface area contributed by atoms with Crippen LogP contribution in [-0.4, -0.2) is 28.3 Å². The van der Waals surface area contributed by atoms with Crippen LogP contribution >= 0.6 is 0 Å². The molecule has 4 rings (SSSR count). The minimum absolute atomic E-state index is 0.0781. The van der Waals surface area contributed by atoms with Gasteiger partial charge in [-0.2, -0.15) is 5.10 Å². The van der Waals surface area contributed by atoms with Gasteiger partial charge in [-0.25, -0.2) is 9.48 Å². The molecule has 0 unspecified atom stereocenters. The van der Waals surface area contributed by atoms with Crippen LogP contribution in [0.3, 0.4) is 0 Å². The van der Waals surface area contributed by atoms with E-state index in [1.807, 2.05) is 62.4 Å². The van der Waals surface area contributed by atoms with Crippen molar-refractivity contribution >= 4 is 17.7 Å². The Morgan fingerprint density at radius 1 is 1.03 bits per heavy atom. The third-order valence-electron chi connectivity index (χ3n) is 5.24. The van der Waals surface area contributed by atoms with Gasteiger partial charge in [0.1, 0.15) is 23.7 Å². The molecule has 0 bridgehead atoms. The number of rotatable bonds is 8. The second kappa shape index (κ2) is 10.1. The fourth-order valence-corrected chi connectivity index (χ4v) is 3.30. The van der Waals surface area contributed by atoms with Crippen LogP contribution in [0, 0.1) is 13.8 Å². The first-order valence-corrected chi connectivity index (χ1v) is 10.9. The molecular formula is C26H25N3O5. The first-order valence-electron chi connectivity index (χ1n) is 10.9. The zero-order valence-electron chi connectivity index (χ0n) is 19.2. The minimum atomic E-state index is -0.582. The largest absolute Gasteiger partial charge is 0.486 e. The van der Waals surface area contributed by atoms with Crippen LogP contribution in [0.5, 0.6) is 5.75 Å². The van der Waals surface area contributed by atoms with Gasteiger partial charge < -0.3 is 19.2 Å². The number of nitrogens with one attached hydrogen (secondary N) is 1. The molecule has 174 valence electrons. The van der Waals surface area contributed by atoms with E-state index < -0.39 is 11.9 Å². The Labute approximate surface area is 197 Å². The van der Waals surface area contributed by atoms with Crippen LogP contribution < -0.4 is 10.1 Å². The Morgan fingerprint density at radius 2 is 1.82 bits per heavy atom. The monoisotopic (exact) mass is 459 g/mol. The van der Waals surface area contributed by atoms with E-state index in [0.29, 0.717) is 11.4 Å². The van der Waals surface area contributed by atoms with Crippen molar-refractivity contribution in [1.82, 2.24) is 9.78 Å². The van der Waals surface area contributed by atoms with Crippen molar-refractivity contribution in [1.29, 1.82) is 0 Å². The normalized spacial score (nSPS) is 10.7. The molecule has 2 aromatic heterocycles. The van der Waals surface area contributed by atoms with Gasteiger partial charge in [0.25, 0.3) is 5.91 Å². The van der Waals surface area contributed by atoms with Gasteiger partial charge in [0.05, 0.1) is 18.5 Å². The van der Waals surface area contributed by atoms with Gasteiger partial charge in [0.2, 0.25) is 0 Å². The highest BCUT2D eigenvalue weighted by Crippen LogP contribution is 2.23. The molecule has 0 saturated carbocycles. The molecule has 8 nitrogen and oxygen atoms in total. The van der Waals surface area contributed by atoms with E-state index in [4.69, 9.17) is 13.9 Å². The Bertz CT molecular complexity index is 1310. The molecule has 0 aliphatic heterocycles. The standard InChI is InChI=1S/C26H25N3O5/c1-4-32-26(31)22-15-27-29(19-8-6-5-7-9-19)24(22)28-25(30)23-13-12-21(34-23)16-33-20-11-10-17(2)18(3)14-20/h5-15H,4,16H2,1-3H3,(H,28,30). The number of esters is 1. The molecule has 8 heteroatoms. The molecule has 1 N–H and O–H groups in total. The van der Waals surface area contributed by atoms with Crippen molar-refractivity contribution in [2.24, 2.45) is 0 Å². The lowest BCUT2D eigenvalue weighted by Crippen LogP contribution is -2.17. The second-order valence-electron chi connectivity index (χ2n) is 7.63. The summed E-state index contributed by atoms with van der Waals surface area (Å²) in [5.74, 6) is 0.373. The Hall–Kier alpha value is -4.33. The van der Waals surface area contributed by atoms with Gasteiger partial charge in [-0.1, -0.05) is 24.3 Å². The number of para-hydroxylation sites is 1. The molecule has 2 heterocycles.